The van der Waals surface area contributed by atoms with Crippen molar-refractivity contribution in [1.82, 2.24) is 14.9 Å². The van der Waals surface area contributed by atoms with Crippen molar-refractivity contribution < 1.29 is 14.3 Å². The second kappa shape index (κ2) is 7.73. The van der Waals surface area contributed by atoms with Crippen molar-refractivity contribution in [2.45, 2.75) is 58.0 Å². The largest absolute Gasteiger partial charge is 0.452 e. The lowest BCUT2D eigenvalue weighted by atomic mass is 9.86. The van der Waals surface area contributed by atoms with E-state index in [1.54, 1.807) is 22.8 Å². The van der Waals surface area contributed by atoms with E-state index >= 15 is 0 Å². The number of carbonyl (C=O) groups excluding carboxylic acids is 2. The van der Waals surface area contributed by atoms with Crippen LogP contribution < -0.4 is 10.9 Å². The van der Waals surface area contributed by atoms with Gasteiger partial charge in [-0.2, -0.15) is 0 Å². The number of benzene rings is 1. The van der Waals surface area contributed by atoms with Crippen molar-refractivity contribution in [3.05, 3.63) is 39.9 Å². The number of esters is 1. The molecule has 1 aromatic heterocycles. The molecule has 2 aliphatic rings. The van der Waals surface area contributed by atoms with Gasteiger partial charge in [0, 0.05) is 19.0 Å². The molecule has 7 nitrogen and oxygen atoms in total. The van der Waals surface area contributed by atoms with E-state index in [-0.39, 0.29) is 24.1 Å². The average molecular weight is 383 g/mol. The van der Waals surface area contributed by atoms with Gasteiger partial charge in [-0.3, -0.25) is 14.2 Å². The normalized spacial score (nSPS) is 21.3. The van der Waals surface area contributed by atoms with Crippen molar-refractivity contribution >= 4 is 22.8 Å². The maximum absolute atomic E-state index is 12.5. The van der Waals surface area contributed by atoms with Crippen LogP contribution >= 0.6 is 0 Å². The van der Waals surface area contributed by atoms with Gasteiger partial charge in [0.1, 0.15) is 5.82 Å². The molecule has 1 aliphatic carbocycles. The lowest BCUT2D eigenvalue weighted by Crippen LogP contribution is -2.42. The summed E-state index contributed by atoms with van der Waals surface area (Å²) in [5.74, 6) is 0.336. The molecule has 1 amide bonds. The highest BCUT2D eigenvalue weighted by Crippen LogP contribution is 2.23. The monoisotopic (exact) mass is 383 g/mol. The molecule has 1 N–H and O–H groups in total. The first kappa shape index (κ1) is 18.7. The number of rotatable bonds is 4. The van der Waals surface area contributed by atoms with E-state index < -0.39 is 5.97 Å². The summed E-state index contributed by atoms with van der Waals surface area (Å²) in [6, 6.07) is 4.88. The highest BCUT2D eigenvalue weighted by Gasteiger charge is 2.23. The first-order valence-corrected chi connectivity index (χ1v) is 10.0. The van der Waals surface area contributed by atoms with Crippen molar-refractivity contribution in [2.75, 3.05) is 6.61 Å². The zero-order valence-electron chi connectivity index (χ0n) is 16.1. The van der Waals surface area contributed by atoms with Crippen molar-refractivity contribution in [3.63, 3.8) is 0 Å². The SMILES string of the molecule is CC1CCCCC1NC(=O)COC(=O)c1ccc2c(=O)n3c(nc2c1)CCC3. The fourth-order valence-corrected chi connectivity index (χ4v) is 4.20. The summed E-state index contributed by atoms with van der Waals surface area (Å²) in [5, 5.41) is 3.46. The summed E-state index contributed by atoms with van der Waals surface area (Å²) in [7, 11) is 0. The minimum Gasteiger partial charge on any atom is -0.452 e. The highest BCUT2D eigenvalue weighted by molar-refractivity contribution is 5.95. The van der Waals surface area contributed by atoms with E-state index in [0.29, 0.717) is 28.9 Å². The molecule has 0 bridgehead atoms. The molecule has 2 unspecified atom stereocenters. The number of hydrogen-bond acceptors (Lipinski definition) is 5. The number of amides is 1. The molecule has 1 saturated carbocycles. The van der Waals surface area contributed by atoms with Gasteiger partial charge in [0.05, 0.1) is 16.5 Å². The van der Waals surface area contributed by atoms with Crippen LogP contribution in [0.1, 0.15) is 55.2 Å². The second-order valence-electron chi connectivity index (χ2n) is 7.83. The molecule has 0 spiro atoms. The van der Waals surface area contributed by atoms with Gasteiger partial charge < -0.3 is 10.1 Å². The minimum atomic E-state index is -0.587. The van der Waals surface area contributed by atoms with Crippen LogP contribution in [0, 0.1) is 5.92 Å². The third-order valence-corrected chi connectivity index (χ3v) is 5.84. The summed E-state index contributed by atoms with van der Waals surface area (Å²) < 4.78 is 6.87. The van der Waals surface area contributed by atoms with Gasteiger partial charge in [-0.1, -0.05) is 19.8 Å². The molecule has 2 aromatic rings. The van der Waals surface area contributed by atoms with Crippen LogP contribution in [0.4, 0.5) is 0 Å². The van der Waals surface area contributed by atoms with Crippen LogP contribution in [0.15, 0.2) is 23.0 Å². The molecular weight excluding hydrogens is 358 g/mol. The Bertz CT molecular complexity index is 982. The predicted octanol–water partition coefficient (Wildman–Crippen LogP) is 2.19. The average Bonchev–Trinajstić information content (AvgIpc) is 3.16. The molecule has 2 atom stereocenters. The van der Waals surface area contributed by atoms with E-state index in [0.717, 1.165) is 37.9 Å². The lowest BCUT2D eigenvalue weighted by Gasteiger charge is -2.29. The van der Waals surface area contributed by atoms with E-state index in [2.05, 4.69) is 17.2 Å². The molecule has 148 valence electrons. The van der Waals surface area contributed by atoms with Gasteiger partial charge in [-0.15, -0.1) is 0 Å². The summed E-state index contributed by atoms with van der Waals surface area (Å²) in [6.07, 6.45) is 6.06. The molecule has 28 heavy (non-hydrogen) atoms. The van der Waals surface area contributed by atoms with Crippen LogP contribution in [0.2, 0.25) is 0 Å². The first-order chi connectivity index (χ1) is 13.5. The maximum atomic E-state index is 12.5. The number of nitrogens with one attached hydrogen (secondary N) is 1. The van der Waals surface area contributed by atoms with Crippen LogP contribution in [-0.2, 0) is 22.5 Å². The van der Waals surface area contributed by atoms with Gasteiger partial charge in [-0.05, 0) is 43.4 Å². The third kappa shape index (κ3) is 3.66. The molecule has 0 radical (unpaired) electrons. The maximum Gasteiger partial charge on any atom is 0.338 e. The molecule has 1 aromatic carbocycles. The number of aryl methyl sites for hydroxylation is 1. The third-order valence-electron chi connectivity index (χ3n) is 5.84. The van der Waals surface area contributed by atoms with Crippen LogP contribution in [0.5, 0.6) is 0 Å². The fraction of sp³-hybridized carbons (Fsp3) is 0.524. The number of ether oxygens (including phenoxy) is 1. The quantitative estimate of drug-likeness (QED) is 0.818. The Labute approximate surface area is 163 Å². The van der Waals surface area contributed by atoms with Gasteiger partial charge >= 0.3 is 5.97 Å². The standard InChI is InChI=1S/C21H25N3O4/c1-13-5-2-3-6-16(13)23-19(25)12-28-21(27)14-8-9-15-17(11-14)22-18-7-4-10-24(18)20(15)26/h8-9,11,13,16H,2-7,10,12H2,1H3,(H,23,25). The number of fused-ring (bicyclic) bond motifs is 2. The first-order valence-electron chi connectivity index (χ1n) is 10.0. The van der Waals surface area contributed by atoms with Crippen molar-refractivity contribution in [2.24, 2.45) is 5.92 Å². The molecular formula is C21H25N3O4. The summed E-state index contributed by atoms with van der Waals surface area (Å²) in [4.78, 5) is 41.5. The molecule has 4 rings (SSSR count). The second-order valence-corrected chi connectivity index (χ2v) is 7.83. The summed E-state index contributed by atoms with van der Waals surface area (Å²) in [5.41, 5.74) is 0.715. The Morgan fingerprint density at radius 3 is 2.89 bits per heavy atom. The summed E-state index contributed by atoms with van der Waals surface area (Å²) in [6.45, 7) is 2.52. The van der Waals surface area contributed by atoms with Crippen LogP contribution in [0.3, 0.4) is 0 Å². The van der Waals surface area contributed by atoms with E-state index in [1.165, 1.54) is 6.42 Å². The number of carbonyl (C=O) groups is 2. The Balaban J connectivity index is 1.42. The number of aromatic nitrogens is 2. The van der Waals surface area contributed by atoms with Gasteiger partial charge in [0.15, 0.2) is 6.61 Å². The number of nitrogens with zero attached hydrogens (tertiary/aromatic N) is 2. The van der Waals surface area contributed by atoms with Gasteiger partial charge in [-0.25, -0.2) is 9.78 Å². The summed E-state index contributed by atoms with van der Waals surface area (Å²) >= 11 is 0. The molecule has 1 aliphatic heterocycles. The Morgan fingerprint density at radius 1 is 1.25 bits per heavy atom. The molecule has 7 heteroatoms. The fourth-order valence-electron chi connectivity index (χ4n) is 4.20. The lowest BCUT2D eigenvalue weighted by molar-refractivity contribution is -0.125. The van der Waals surface area contributed by atoms with Crippen LogP contribution in [0.25, 0.3) is 10.9 Å². The Hall–Kier alpha value is -2.70. The Morgan fingerprint density at radius 2 is 2.07 bits per heavy atom. The van der Waals surface area contributed by atoms with Crippen molar-refractivity contribution in [3.8, 4) is 0 Å². The smallest absolute Gasteiger partial charge is 0.338 e. The van der Waals surface area contributed by atoms with E-state index in [1.807, 2.05) is 0 Å². The molecule has 2 heterocycles. The Kier molecular flexibility index (Phi) is 5.15. The predicted molar refractivity (Wildman–Crippen MR) is 104 cm³/mol. The van der Waals surface area contributed by atoms with E-state index in [9.17, 15) is 14.4 Å². The van der Waals surface area contributed by atoms with Crippen LogP contribution in [-0.4, -0.2) is 34.1 Å². The topological polar surface area (TPSA) is 90.3 Å². The molecule has 0 saturated heterocycles. The van der Waals surface area contributed by atoms with E-state index in [4.69, 9.17) is 4.74 Å². The van der Waals surface area contributed by atoms with Gasteiger partial charge in [0.2, 0.25) is 0 Å². The zero-order chi connectivity index (χ0) is 19.7. The van der Waals surface area contributed by atoms with Crippen molar-refractivity contribution in [1.29, 1.82) is 0 Å². The molecule has 1 fully saturated rings. The van der Waals surface area contributed by atoms with Gasteiger partial charge in [0.25, 0.3) is 11.5 Å². The zero-order valence-corrected chi connectivity index (χ0v) is 16.1. The highest BCUT2D eigenvalue weighted by atomic mass is 16.5. The minimum absolute atomic E-state index is 0.0709. The number of hydrogen-bond donors (Lipinski definition) is 1.